The van der Waals surface area contributed by atoms with Crippen LogP contribution >= 0.6 is 0 Å². The lowest BCUT2D eigenvalue weighted by Crippen LogP contribution is -2.43. The number of piperidine rings is 1. The van der Waals surface area contributed by atoms with Crippen LogP contribution in [-0.4, -0.2) is 43.0 Å². The van der Waals surface area contributed by atoms with Crippen LogP contribution < -0.4 is 0 Å². The van der Waals surface area contributed by atoms with Gasteiger partial charge in [-0.15, -0.1) is 0 Å². The van der Waals surface area contributed by atoms with Crippen molar-refractivity contribution in [1.29, 1.82) is 0 Å². The van der Waals surface area contributed by atoms with Gasteiger partial charge in [-0.25, -0.2) is 6.57 Å². The molecule has 0 bridgehead atoms. The van der Waals surface area contributed by atoms with Crippen molar-refractivity contribution in [2.24, 2.45) is 5.92 Å². The van der Waals surface area contributed by atoms with E-state index in [1.807, 2.05) is 0 Å². The highest BCUT2D eigenvalue weighted by atomic mass is 16.5. The molecule has 1 amide bonds. The van der Waals surface area contributed by atoms with E-state index in [0.29, 0.717) is 19.7 Å². The van der Waals surface area contributed by atoms with Gasteiger partial charge in [0, 0.05) is 13.1 Å². The molecule has 0 aromatic rings. The van der Waals surface area contributed by atoms with Crippen molar-refractivity contribution in [2.45, 2.75) is 19.8 Å². The lowest BCUT2D eigenvalue weighted by atomic mass is 9.98. The fourth-order valence-corrected chi connectivity index (χ4v) is 1.82. The zero-order chi connectivity index (χ0) is 12.0. The predicted octanol–water partition coefficient (Wildman–Crippen LogP) is 0.707. The van der Waals surface area contributed by atoms with Crippen LogP contribution in [0, 0.1) is 12.5 Å². The SMILES string of the molecule is [C-]#[N+]CC(=O)N1CCCC(C(=O)OCC)C1. The van der Waals surface area contributed by atoms with Crippen LogP contribution in [0.5, 0.6) is 0 Å². The monoisotopic (exact) mass is 224 g/mol. The maximum absolute atomic E-state index is 11.5. The zero-order valence-electron chi connectivity index (χ0n) is 9.44. The van der Waals surface area contributed by atoms with Gasteiger partial charge in [-0.05, 0) is 19.8 Å². The third-order valence-corrected chi connectivity index (χ3v) is 2.61. The second-order valence-corrected chi connectivity index (χ2v) is 3.75. The summed E-state index contributed by atoms with van der Waals surface area (Å²) >= 11 is 0. The van der Waals surface area contributed by atoms with Gasteiger partial charge in [0.05, 0.1) is 12.5 Å². The lowest BCUT2D eigenvalue weighted by Gasteiger charge is -2.30. The Morgan fingerprint density at radius 3 is 2.94 bits per heavy atom. The number of nitrogens with zero attached hydrogens (tertiary/aromatic N) is 2. The van der Waals surface area contributed by atoms with Crippen LogP contribution in [0.4, 0.5) is 0 Å². The van der Waals surface area contributed by atoms with Crippen LogP contribution in [0.15, 0.2) is 0 Å². The molecule has 0 aliphatic carbocycles. The van der Waals surface area contributed by atoms with Gasteiger partial charge in [-0.3, -0.25) is 9.59 Å². The number of hydrogen-bond donors (Lipinski definition) is 0. The molecule has 1 heterocycles. The van der Waals surface area contributed by atoms with Crippen molar-refractivity contribution in [3.05, 3.63) is 11.4 Å². The van der Waals surface area contributed by atoms with E-state index in [4.69, 9.17) is 11.3 Å². The first-order valence-corrected chi connectivity index (χ1v) is 5.46. The Kier molecular flexibility index (Phi) is 4.77. The first-order chi connectivity index (χ1) is 7.69. The van der Waals surface area contributed by atoms with Gasteiger partial charge in [0.15, 0.2) is 0 Å². The van der Waals surface area contributed by atoms with E-state index in [-0.39, 0.29) is 24.3 Å². The van der Waals surface area contributed by atoms with Crippen LogP contribution in [0.3, 0.4) is 0 Å². The molecule has 0 radical (unpaired) electrons. The Morgan fingerprint density at radius 1 is 1.56 bits per heavy atom. The first-order valence-electron chi connectivity index (χ1n) is 5.46. The van der Waals surface area contributed by atoms with E-state index in [2.05, 4.69) is 4.85 Å². The summed E-state index contributed by atoms with van der Waals surface area (Å²) in [7, 11) is 0. The minimum atomic E-state index is -0.234. The summed E-state index contributed by atoms with van der Waals surface area (Å²) in [5, 5.41) is 0. The molecule has 5 heteroatoms. The highest BCUT2D eigenvalue weighted by Gasteiger charge is 2.29. The van der Waals surface area contributed by atoms with E-state index in [0.717, 1.165) is 12.8 Å². The summed E-state index contributed by atoms with van der Waals surface area (Å²) in [6, 6.07) is 0. The van der Waals surface area contributed by atoms with Crippen molar-refractivity contribution < 1.29 is 14.3 Å². The fraction of sp³-hybridized carbons (Fsp3) is 0.727. The molecule has 0 aromatic heterocycles. The van der Waals surface area contributed by atoms with Crippen molar-refractivity contribution in [3.63, 3.8) is 0 Å². The maximum Gasteiger partial charge on any atom is 0.310 e. The Bertz CT molecular complexity index is 309. The average molecular weight is 224 g/mol. The molecule has 0 saturated carbocycles. The molecule has 0 aromatic carbocycles. The van der Waals surface area contributed by atoms with Gasteiger partial charge < -0.3 is 14.5 Å². The molecule has 1 aliphatic rings. The number of amides is 1. The number of carbonyl (C=O) groups excluding carboxylic acids is 2. The molecule has 0 spiro atoms. The minimum absolute atomic E-state index is 0.129. The fourth-order valence-electron chi connectivity index (χ4n) is 1.82. The molecular weight excluding hydrogens is 208 g/mol. The van der Waals surface area contributed by atoms with Gasteiger partial charge >= 0.3 is 11.9 Å². The van der Waals surface area contributed by atoms with Crippen molar-refractivity contribution in [1.82, 2.24) is 4.90 Å². The van der Waals surface area contributed by atoms with Gasteiger partial charge in [0.25, 0.3) is 6.54 Å². The number of esters is 1. The average Bonchev–Trinajstić information content (AvgIpc) is 2.30. The van der Waals surface area contributed by atoms with Gasteiger partial charge in [0.2, 0.25) is 0 Å². The zero-order valence-corrected chi connectivity index (χ0v) is 9.44. The van der Waals surface area contributed by atoms with Crippen molar-refractivity contribution in [2.75, 3.05) is 26.2 Å². The molecule has 1 unspecified atom stereocenters. The molecule has 16 heavy (non-hydrogen) atoms. The molecule has 1 fully saturated rings. The van der Waals surface area contributed by atoms with E-state index < -0.39 is 0 Å². The Labute approximate surface area is 95.2 Å². The summed E-state index contributed by atoms with van der Waals surface area (Å²) in [5.74, 6) is -0.643. The summed E-state index contributed by atoms with van der Waals surface area (Å²) < 4.78 is 4.93. The first kappa shape index (κ1) is 12.5. The van der Waals surface area contributed by atoms with E-state index in [1.165, 1.54) is 0 Å². The summed E-state index contributed by atoms with van der Waals surface area (Å²) in [6.45, 7) is 9.68. The quantitative estimate of drug-likeness (QED) is 0.524. The number of carbonyl (C=O) groups is 2. The summed E-state index contributed by atoms with van der Waals surface area (Å²) in [5.41, 5.74) is 0. The van der Waals surface area contributed by atoms with E-state index >= 15 is 0 Å². The van der Waals surface area contributed by atoms with Gasteiger partial charge in [-0.1, -0.05) is 0 Å². The molecule has 1 aliphatic heterocycles. The Balaban J connectivity index is 2.50. The normalized spacial score (nSPS) is 20.0. The highest BCUT2D eigenvalue weighted by molar-refractivity contribution is 5.81. The van der Waals surface area contributed by atoms with Crippen molar-refractivity contribution >= 4 is 11.9 Å². The number of rotatable bonds is 3. The Hall–Kier alpha value is -1.57. The third kappa shape index (κ3) is 3.23. The Morgan fingerprint density at radius 2 is 2.31 bits per heavy atom. The second-order valence-electron chi connectivity index (χ2n) is 3.75. The standard InChI is InChI=1S/C11H16N2O3/c1-3-16-11(15)9-5-4-6-13(8-9)10(14)7-12-2/h9H,3-8H2,1H3. The van der Waals surface area contributed by atoms with Crippen molar-refractivity contribution in [3.8, 4) is 0 Å². The second kappa shape index (κ2) is 6.11. The molecule has 1 atom stereocenters. The number of hydrogen-bond acceptors (Lipinski definition) is 3. The molecule has 0 N–H and O–H groups in total. The topological polar surface area (TPSA) is 51.0 Å². The largest absolute Gasteiger partial charge is 0.466 e. The van der Waals surface area contributed by atoms with Gasteiger partial charge in [-0.2, -0.15) is 0 Å². The highest BCUT2D eigenvalue weighted by Crippen LogP contribution is 2.17. The lowest BCUT2D eigenvalue weighted by molar-refractivity contribution is -0.151. The maximum atomic E-state index is 11.5. The third-order valence-electron chi connectivity index (χ3n) is 2.61. The summed E-state index contributed by atoms with van der Waals surface area (Å²) in [6.07, 6.45) is 1.56. The molecule has 1 rings (SSSR count). The predicted molar refractivity (Wildman–Crippen MR) is 57.4 cm³/mol. The molecule has 88 valence electrons. The molecular formula is C11H16N2O3. The van der Waals surface area contributed by atoms with E-state index in [1.54, 1.807) is 11.8 Å². The summed E-state index contributed by atoms with van der Waals surface area (Å²) in [4.78, 5) is 27.6. The van der Waals surface area contributed by atoms with Crippen LogP contribution in [0.25, 0.3) is 4.85 Å². The number of ether oxygens (including phenoxy) is 1. The molecule has 5 nitrogen and oxygen atoms in total. The minimum Gasteiger partial charge on any atom is -0.466 e. The van der Waals surface area contributed by atoms with E-state index in [9.17, 15) is 9.59 Å². The van der Waals surface area contributed by atoms with Crippen LogP contribution in [0.2, 0.25) is 0 Å². The van der Waals surface area contributed by atoms with Crippen LogP contribution in [0.1, 0.15) is 19.8 Å². The molecule has 1 saturated heterocycles. The van der Waals surface area contributed by atoms with Gasteiger partial charge in [0.1, 0.15) is 0 Å². The number of likely N-dealkylation sites (tertiary alicyclic amines) is 1. The van der Waals surface area contributed by atoms with Crippen LogP contribution in [-0.2, 0) is 14.3 Å². The smallest absolute Gasteiger partial charge is 0.310 e.